The van der Waals surface area contributed by atoms with Gasteiger partial charge in [0, 0.05) is 13.1 Å². The lowest BCUT2D eigenvalue weighted by Crippen LogP contribution is -2.43. The van der Waals surface area contributed by atoms with Gasteiger partial charge in [-0.3, -0.25) is 4.79 Å². The van der Waals surface area contributed by atoms with Crippen molar-refractivity contribution in [2.45, 2.75) is 91.3 Å². The van der Waals surface area contributed by atoms with Gasteiger partial charge in [0.25, 0.3) is 0 Å². The molecule has 0 aliphatic carbocycles. The second-order valence-electron chi connectivity index (χ2n) is 10.5. The van der Waals surface area contributed by atoms with E-state index in [1.807, 2.05) is 45.8 Å². The second kappa shape index (κ2) is 7.88. The van der Waals surface area contributed by atoms with Crippen molar-refractivity contribution < 1.29 is 13.7 Å². The number of carbonyl (C=O) groups excluding carboxylic acids is 1. The monoisotopic (exact) mass is 401 g/mol. The molecule has 1 rings (SSSR count). The van der Waals surface area contributed by atoms with Gasteiger partial charge in [0.05, 0.1) is 12.8 Å². The summed E-state index contributed by atoms with van der Waals surface area (Å²) in [5.41, 5.74) is 2.24. The van der Waals surface area contributed by atoms with Gasteiger partial charge in [0.1, 0.15) is 22.0 Å². The Kier molecular flexibility index (Phi) is 7.14. The fourth-order valence-electron chi connectivity index (χ4n) is 3.35. The van der Waals surface area contributed by atoms with Gasteiger partial charge in [-0.1, -0.05) is 38.7 Å². The minimum absolute atomic E-state index is 0.162. The molecule has 1 saturated heterocycles. The second-order valence-corrected chi connectivity index (χ2v) is 17.8. The maximum atomic E-state index is 13.3. The van der Waals surface area contributed by atoms with Crippen molar-refractivity contribution in [3.8, 4) is 0 Å². The van der Waals surface area contributed by atoms with Crippen LogP contribution in [0.4, 0.5) is 0 Å². The molecule has 26 heavy (non-hydrogen) atoms. The lowest BCUT2D eigenvalue weighted by atomic mass is 9.79. The Morgan fingerprint density at radius 3 is 2.15 bits per heavy atom. The van der Waals surface area contributed by atoms with E-state index in [9.17, 15) is 9.00 Å². The molecule has 1 aliphatic rings. The van der Waals surface area contributed by atoms with Crippen LogP contribution in [0.15, 0.2) is 11.3 Å². The Bertz CT molecular complexity index is 581. The molecule has 1 aliphatic heterocycles. The highest BCUT2D eigenvalue weighted by Gasteiger charge is 2.52. The van der Waals surface area contributed by atoms with E-state index >= 15 is 0 Å². The van der Waals surface area contributed by atoms with Crippen LogP contribution in [0.2, 0.25) is 19.6 Å². The number of hydrogen-bond donors (Lipinski definition) is 0. The standard InChI is InChI=1S/C20H39NO3SSi/c1-11-12-20(17(22)24-18(2,3)4)15-21(25(23)19(5,6)7)13-16(20)14-26(8,9)10/h14H,11-13,15H2,1-10H3/b16-14-. The first-order valence-electron chi connectivity index (χ1n) is 9.64. The largest absolute Gasteiger partial charge is 0.459 e. The van der Waals surface area contributed by atoms with Crippen LogP contribution >= 0.6 is 0 Å². The minimum Gasteiger partial charge on any atom is -0.459 e. The summed E-state index contributed by atoms with van der Waals surface area (Å²) < 4.78 is 20.5. The molecular formula is C20H39NO3SSi. The van der Waals surface area contributed by atoms with Gasteiger partial charge in [-0.2, -0.15) is 0 Å². The smallest absolute Gasteiger partial charge is 0.318 e. The van der Waals surface area contributed by atoms with E-state index in [1.165, 1.54) is 0 Å². The number of rotatable bonds is 5. The van der Waals surface area contributed by atoms with Crippen molar-refractivity contribution in [1.82, 2.24) is 4.31 Å². The molecule has 1 fully saturated rings. The number of ether oxygens (including phenoxy) is 1. The van der Waals surface area contributed by atoms with Gasteiger partial charge in [-0.05, 0) is 53.5 Å². The number of esters is 1. The van der Waals surface area contributed by atoms with E-state index in [4.69, 9.17) is 4.74 Å². The van der Waals surface area contributed by atoms with Crippen molar-refractivity contribution in [2.75, 3.05) is 13.1 Å². The summed E-state index contributed by atoms with van der Waals surface area (Å²) in [5, 5.41) is 0. The fraction of sp³-hybridized carbons (Fsp3) is 0.850. The minimum atomic E-state index is -1.55. The molecule has 152 valence electrons. The van der Waals surface area contributed by atoms with E-state index in [0.29, 0.717) is 13.1 Å². The van der Waals surface area contributed by atoms with E-state index in [0.717, 1.165) is 18.4 Å². The zero-order chi connectivity index (χ0) is 20.6. The summed E-state index contributed by atoms with van der Waals surface area (Å²) >= 11 is 0. The molecule has 6 heteroatoms. The van der Waals surface area contributed by atoms with Gasteiger partial charge in [0.2, 0.25) is 0 Å². The third kappa shape index (κ3) is 6.03. The normalized spacial score (nSPS) is 25.5. The maximum Gasteiger partial charge on any atom is 0.318 e. The average Bonchev–Trinajstić information content (AvgIpc) is 2.73. The molecular weight excluding hydrogens is 362 g/mol. The molecule has 4 nitrogen and oxygen atoms in total. The number of nitrogens with zero attached hydrogens (tertiary/aromatic N) is 1. The number of carbonyl (C=O) groups is 1. The topological polar surface area (TPSA) is 46.6 Å². The van der Waals surface area contributed by atoms with E-state index in [1.54, 1.807) is 0 Å². The van der Waals surface area contributed by atoms with Crippen LogP contribution in [0.5, 0.6) is 0 Å². The van der Waals surface area contributed by atoms with E-state index < -0.39 is 30.1 Å². The molecule has 0 N–H and O–H groups in total. The Morgan fingerprint density at radius 2 is 1.77 bits per heavy atom. The van der Waals surface area contributed by atoms with Crippen LogP contribution < -0.4 is 0 Å². The summed E-state index contributed by atoms with van der Waals surface area (Å²) in [7, 11) is -2.70. The van der Waals surface area contributed by atoms with Crippen LogP contribution in [0.25, 0.3) is 0 Å². The zero-order valence-electron chi connectivity index (χ0n) is 18.5. The molecule has 0 aromatic rings. The summed E-state index contributed by atoms with van der Waals surface area (Å²) in [5.74, 6) is -0.162. The highest BCUT2D eigenvalue weighted by atomic mass is 32.2. The molecule has 0 saturated carbocycles. The summed E-state index contributed by atoms with van der Waals surface area (Å²) in [6.45, 7) is 21.7. The van der Waals surface area contributed by atoms with Gasteiger partial charge < -0.3 is 4.74 Å². The SMILES string of the molecule is CCCC1(C(=O)OC(C)(C)C)CN(S(=O)C(C)(C)C)C/C1=C/[Si](C)(C)C. The van der Waals surface area contributed by atoms with Crippen molar-refractivity contribution >= 4 is 25.0 Å². The molecule has 0 aromatic carbocycles. The van der Waals surface area contributed by atoms with Crippen LogP contribution in [0, 0.1) is 5.41 Å². The molecule has 0 aromatic heterocycles. The van der Waals surface area contributed by atoms with Crippen LogP contribution in [-0.4, -0.2) is 46.0 Å². The predicted molar refractivity (Wildman–Crippen MR) is 114 cm³/mol. The first-order chi connectivity index (χ1) is 11.5. The number of hydrogen-bond acceptors (Lipinski definition) is 3. The highest BCUT2D eigenvalue weighted by Crippen LogP contribution is 2.44. The van der Waals surface area contributed by atoms with Crippen molar-refractivity contribution in [2.24, 2.45) is 5.41 Å². The molecule has 0 spiro atoms. The molecule has 2 atom stereocenters. The highest BCUT2D eigenvalue weighted by molar-refractivity contribution is 7.84. The van der Waals surface area contributed by atoms with Gasteiger partial charge in [0.15, 0.2) is 0 Å². The van der Waals surface area contributed by atoms with Gasteiger partial charge >= 0.3 is 5.97 Å². The van der Waals surface area contributed by atoms with Crippen molar-refractivity contribution in [1.29, 1.82) is 0 Å². The summed E-state index contributed by atoms with van der Waals surface area (Å²) in [4.78, 5) is 13.3. The van der Waals surface area contributed by atoms with Gasteiger partial charge in [-0.15, -0.1) is 0 Å². The summed E-state index contributed by atoms with van der Waals surface area (Å²) in [6.07, 6.45) is 1.62. The lowest BCUT2D eigenvalue weighted by molar-refractivity contribution is -0.165. The lowest BCUT2D eigenvalue weighted by Gasteiger charge is -2.33. The summed E-state index contributed by atoms with van der Waals surface area (Å²) in [6, 6.07) is 0. The quantitative estimate of drug-likeness (QED) is 0.496. The zero-order valence-corrected chi connectivity index (χ0v) is 20.3. The van der Waals surface area contributed by atoms with E-state index in [-0.39, 0.29) is 10.7 Å². The van der Waals surface area contributed by atoms with Crippen LogP contribution in [0.3, 0.4) is 0 Å². The van der Waals surface area contributed by atoms with Crippen molar-refractivity contribution in [3.63, 3.8) is 0 Å². The maximum absolute atomic E-state index is 13.3. The molecule has 0 amide bonds. The third-order valence-corrected chi connectivity index (χ3v) is 7.23. The molecule has 2 unspecified atom stereocenters. The molecule has 0 bridgehead atoms. The van der Waals surface area contributed by atoms with Crippen molar-refractivity contribution in [3.05, 3.63) is 11.3 Å². The van der Waals surface area contributed by atoms with Crippen LogP contribution in [-0.2, 0) is 20.5 Å². The Labute approximate surface area is 164 Å². The Hall–Kier alpha value is -0.463. The fourth-order valence-corrected chi connectivity index (χ4v) is 6.13. The van der Waals surface area contributed by atoms with E-state index in [2.05, 4.69) is 32.3 Å². The third-order valence-electron chi connectivity index (χ3n) is 4.24. The average molecular weight is 402 g/mol. The van der Waals surface area contributed by atoms with Crippen LogP contribution in [0.1, 0.15) is 61.3 Å². The predicted octanol–water partition coefficient (Wildman–Crippen LogP) is 4.70. The first kappa shape index (κ1) is 23.6. The molecule has 0 radical (unpaired) electrons. The Balaban J connectivity index is 3.43. The molecule has 1 heterocycles. The van der Waals surface area contributed by atoms with Gasteiger partial charge in [-0.25, -0.2) is 8.51 Å². The first-order valence-corrected chi connectivity index (χ1v) is 14.3. The Morgan fingerprint density at radius 1 is 1.23 bits per heavy atom.